The topological polar surface area (TPSA) is 43.4 Å². The van der Waals surface area contributed by atoms with Crippen LogP contribution in [0.25, 0.3) is 0 Å². The highest BCUT2D eigenvalue weighted by Crippen LogP contribution is 2.27. The minimum absolute atomic E-state index is 0.194. The maximum absolute atomic E-state index is 12.0. The lowest BCUT2D eigenvalue weighted by atomic mass is 10.1. The maximum Gasteiger partial charge on any atom is 0.534 e. The van der Waals surface area contributed by atoms with Crippen LogP contribution in [-0.4, -0.2) is 20.1 Å². The molecule has 0 radical (unpaired) electrons. The Kier molecular flexibility index (Phi) is 4.57. The molecule has 0 atom stereocenters. The fourth-order valence-corrected chi connectivity index (χ4v) is 1.63. The van der Waals surface area contributed by atoms with Gasteiger partial charge in [-0.25, -0.2) is 0 Å². The second-order valence-corrected chi connectivity index (χ2v) is 5.28. The Bertz CT molecular complexity index is 544. The maximum atomic E-state index is 12.0. The van der Waals surface area contributed by atoms with E-state index in [0.29, 0.717) is 0 Å². The van der Waals surface area contributed by atoms with Crippen LogP contribution in [0, 0.1) is 0 Å². The Morgan fingerprint density at radius 2 is 1.45 bits per heavy atom. The Balaban J connectivity index is 2.73. The van der Waals surface area contributed by atoms with E-state index in [2.05, 4.69) is 4.18 Å². The van der Waals surface area contributed by atoms with Crippen molar-refractivity contribution in [3.05, 3.63) is 29.8 Å². The van der Waals surface area contributed by atoms with Gasteiger partial charge in [0.1, 0.15) is 5.75 Å². The number of aryl methyl sites for hydroxylation is 1. The largest absolute Gasteiger partial charge is 0.534 e. The molecule has 0 unspecified atom stereocenters. The molecular weight excluding hydrogens is 314 g/mol. The summed E-state index contributed by atoms with van der Waals surface area (Å²) >= 11 is 0. The van der Waals surface area contributed by atoms with Crippen LogP contribution in [0.1, 0.15) is 12.0 Å². The third-order valence-electron chi connectivity index (χ3n) is 2.11. The number of hydrogen-bond donors (Lipinski definition) is 0. The van der Waals surface area contributed by atoms with Crippen molar-refractivity contribution in [3.63, 3.8) is 0 Å². The second-order valence-electron chi connectivity index (χ2n) is 3.74. The fraction of sp³-hybridized carbons (Fsp3) is 0.400. The first kappa shape index (κ1) is 16.6. The van der Waals surface area contributed by atoms with E-state index in [1.54, 1.807) is 0 Å². The Hall–Kier alpha value is -1.45. The molecule has 114 valence electrons. The summed E-state index contributed by atoms with van der Waals surface area (Å²) in [6.07, 6.45) is -5.81. The van der Waals surface area contributed by atoms with E-state index in [4.69, 9.17) is 0 Å². The van der Waals surface area contributed by atoms with Gasteiger partial charge in [-0.1, -0.05) is 12.1 Å². The van der Waals surface area contributed by atoms with Crippen molar-refractivity contribution in [2.75, 3.05) is 0 Å². The summed E-state index contributed by atoms with van der Waals surface area (Å²) in [7, 11) is -5.78. The first-order valence-corrected chi connectivity index (χ1v) is 6.48. The summed E-state index contributed by atoms with van der Waals surface area (Å²) < 4.78 is 97.0. The van der Waals surface area contributed by atoms with Gasteiger partial charge in [0.15, 0.2) is 0 Å². The minimum Gasteiger partial charge on any atom is -0.376 e. The van der Waals surface area contributed by atoms with E-state index in [9.17, 15) is 34.8 Å². The lowest BCUT2D eigenvalue weighted by Gasteiger charge is -2.10. The Labute approximate surface area is 110 Å². The molecule has 20 heavy (non-hydrogen) atoms. The van der Waals surface area contributed by atoms with E-state index in [1.165, 1.54) is 0 Å². The van der Waals surface area contributed by atoms with Gasteiger partial charge in [-0.15, -0.1) is 0 Å². The number of hydrogen-bond acceptors (Lipinski definition) is 3. The van der Waals surface area contributed by atoms with E-state index in [1.807, 2.05) is 0 Å². The molecule has 0 heterocycles. The Morgan fingerprint density at radius 1 is 0.950 bits per heavy atom. The van der Waals surface area contributed by atoms with Gasteiger partial charge in [-0.05, 0) is 24.1 Å². The number of halogens is 6. The molecule has 1 rings (SSSR count). The quantitative estimate of drug-likeness (QED) is 0.485. The summed E-state index contributed by atoms with van der Waals surface area (Å²) in [5, 5.41) is 0. The zero-order valence-electron chi connectivity index (χ0n) is 9.62. The second kappa shape index (κ2) is 5.51. The SMILES string of the molecule is O=S(=O)(Oc1ccc(CCC(F)(F)F)cc1)C(F)(F)F. The van der Waals surface area contributed by atoms with E-state index < -0.39 is 34.0 Å². The summed E-state index contributed by atoms with van der Waals surface area (Å²) in [5.41, 5.74) is -5.37. The number of rotatable bonds is 4. The summed E-state index contributed by atoms with van der Waals surface area (Å²) in [5.74, 6) is -0.627. The van der Waals surface area contributed by atoms with Gasteiger partial charge in [0, 0.05) is 6.42 Å². The average molecular weight is 322 g/mol. The van der Waals surface area contributed by atoms with Crippen LogP contribution in [0.4, 0.5) is 26.3 Å². The van der Waals surface area contributed by atoms with E-state index in [0.717, 1.165) is 24.3 Å². The number of benzene rings is 1. The predicted molar refractivity (Wildman–Crippen MR) is 56.4 cm³/mol. The average Bonchev–Trinajstić information content (AvgIpc) is 2.25. The summed E-state index contributed by atoms with van der Waals surface area (Å²) in [6.45, 7) is 0. The molecule has 0 aliphatic heterocycles. The fourth-order valence-electron chi connectivity index (χ4n) is 1.17. The molecule has 10 heteroatoms. The third kappa shape index (κ3) is 4.91. The van der Waals surface area contributed by atoms with Crippen molar-refractivity contribution >= 4 is 10.1 Å². The molecule has 0 aliphatic carbocycles. The van der Waals surface area contributed by atoms with Gasteiger partial charge >= 0.3 is 21.8 Å². The van der Waals surface area contributed by atoms with E-state index in [-0.39, 0.29) is 12.0 Å². The molecule has 0 N–H and O–H groups in total. The van der Waals surface area contributed by atoms with Crippen LogP contribution in [0.15, 0.2) is 24.3 Å². The molecule has 1 aromatic rings. The van der Waals surface area contributed by atoms with Crippen molar-refractivity contribution < 1.29 is 38.9 Å². The van der Waals surface area contributed by atoms with Crippen molar-refractivity contribution in [1.82, 2.24) is 0 Å². The van der Waals surface area contributed by atoms with Crippen molar-refractivity contribution in [2.24, 2.45) is 0 Å². The third-order valence-corrected chi connectivity index (χ3v) is 3.09. The summed E-state index contributed by atoms with van der Waals surface area (Å²) in [6, 6.07) is 3.84. The van der Waals surface area contributed by atoms with Crippen LogP contribution in [-0.2, 0) is 16.5 Å². The zero-order chi connectivity index (χ0) is 15.6. The highest BCUT2D eigenvalue weighted by Gasteiger charge is 2.48. The van der Waals surface area contributed by atoms with Gasteiger partial charge in [-0.3, -0.25) is 0 Å². The van der Waals surface area contributed by atoms with Crippen LogP contribution in [0.5, 0.6) is 5.75 Å². The van der Waals surface area contributed by atoms with Crippen molar-refractivity contribution in [1.29, 1.82) is 0 Å². The molecular formula is C10H8F6O3S. The van der Waals surface area contributed by atoms with Gasteiger partial charge in [-0.2, -0.15) is 34.8 Å². The normalized spacial score (nSPS) is 13.3. The molecule has 1 aromatic carbocycles. The molecule has 0 saturated carbocycles. The van der Waals surface area contributed by atoms with Crippen molar-refractivity contribution in [2.45, 2.75) is 24.5 Å². The van der Waals surface area contributed by atoms with Gasteiger partial charge < -0.3 is 4.18 Å². The molecule has 0 aromatic heterocycles. The van der Waals surface area contributed by atoms with Crippen molar-refractivity contribution in [3.8, 4) is 5.75 Å². The van der Waals surface area contributed by atoms with Crippen LogP contribution >= 0.6 is 0 Å². The van der Waals surface area contributed by atoms with E-state index >= 15 is 0 Å². The van der Waals surface area contributed by atoms with Gasteiger partial charge in [0.05, 0.1) is 0 Å². The number of alkyl halides is 6. The highest BCUT2D eigenvalue weighted by atomic mass is 32.2. The Morgan fingerprint density at radius 3 is 1.85 bits per heavy atom. The minimum atomic E-state index is -5.78. The first-order valence-electron chi connectivity index (χ1n) is 5.07. The standard InChI is InChI=1S/C10H8F6O3S/c11-9(12,13)6-5-7-1-3-8(4-2-7)19-20(17,18)10(14,15)16/h1-4H,5-6H2. The lowest BCUT2D eigenvalue weighted by molar-refractivity contribution is -0.134. The molecule has 0 bridgehead atoms. The zero-order valence-corrected chi connectivity index (χ0v) is 10.4. The molecule has 0 saturated heterocycles. The molecule has 0 fully saturated rings. The predicted octanol–water partition coefficient (Wildman–Crippen LogP) is 3.41. The van der Waals surface area contributed by atoms with Gasteiger partial charge in [0.25, 0.3) is 0 Å². The molecule has 3 nitrogen and oxygen atoms in total. The molecule has 0 aliphatic rings. The molecule has 0 amide bonds. The highest BCUT2D eigenvalue weighted by molar-refractivity contribution is 7.87. The lowest BCUT2D eigenvalue weighted by Crippen LogP contribution is -2.28. The first-order chi connectivity index (χ1) is 8.91. The smallest absolute Gasteiger partial charge is 0.376 e. The van der Waals surface area contributed by atoms with Crippen LogP contribution < -0.4 is 4.18 Å². The molecule has 0 spiro atoms. The van der Waals surface area contributed by atoms with Gasteiger partial charge in [0.2, 0.25) is 0 Å². The monoisotopic (exact) mass is 322 g/mol. The summed E-state index contributed by atoms with van der Waals surface area (Å²) in [4.78, 5) is 0. The van der Waals surface area contributed by atoms with Crippen LogP contribution in [0.2, 0.25) is 0 Å². The van der Waals surface area contributed by atoms with Crippen LogP contribution in [0.3, 0.4) is 0 Å².